The Morgan fingerprint density at radius 1 is 1.09 bits per heavy atom. The van der Waals surface area contributed by atoms with E-state index in [1.54, 1.807) is 0 Å². The summed E-state index contributed by atoms with van der Waals surface area (Å²) in [5.41, 5.74) is 10.5. The first-order valence-electron chi connectivity index (χ1n) is 8.45. The molecule has 0 fully saturated rings. The molecule has 0 heterocycles. The van der Waals surface area contributed by atoms with E-state index in [4.69, 9.17) is 10.5 Å². The van der Waals surface area contributed by atoms with Crippen LogP contribution < -0.4 is 15.8 Å². The molecule has 0 aliphatic heterocycles. The van der Waals surface area contributed by atoms with Gasteiger partial charge in [0.2, 0.25) is 0 Å². The summed E-state index contributed by atoms with van der Waals surface area (Å²) in [6, 6.07) is 14.8. The summed E-state index contributed by atoms with van der Waals surface area (Å²) in [7, 11) is 0. The molecule has 0 amide bonds. The van der Waals surface area contributed by atoms with Crippen molar-refractivity contribution in [3.63, 3.8) is 0 Å². The lowest BCUT2D eigenvalue weighted by molar-refractivity contribution is 0.342. The van der Waals surface area contributed by atoms with Crippen LogP contribution in [-0.4, -0.2) is 13.2 Å². The van der Waals surface area contributed by atoms with E-state index < -0.39 is 0 Å². The Balaban J connectivity index is 1.77. The summed E-state index contributed by atoms with van der Waals surface area (Å²) >= 11 is 0. The third kappa shape index (κ3) is 5.20. The highest BCUT2D eigenvalue weighted by atomic mass is 16.5. The van der Waals surface area contributed by atoms with Gasteiger partial charge in [0.05, 0.1) is 12.3 Å². The Bertz CT molecular complexity index is 606. The molecular weight excluding hydrogens is 284 g/mol. The first-order chi connectivity index (χ1) is 11.1. The van der Waals surface area contributed by atoms with Crippen LogP contribution in [0.25, 0.3) is 0 Å². The van der Waals surface area contributed by atoms with Gasteiger partial charge in [-0.3, -0.25) is 0 Å². The second kappa shape index (κ2) is 8.47. The Morgan fingerprint density at radius 2 is 1.83 bits per heavy atom. The van der Waals surface area contributed by atoms with E-state index in [2.05, 4.69) is 49.5 Å². The summed E-state index contributed by atoms with van der Waals surface area (Å²) in [4.78, 5) is 0. The van der Waals surface area contributed by atoms with E-state index in [0.717, 1.165) is 30.8 Å². The van der Waals surface area contributed by atoms with Gasteiger partial charge in [-0.15, -0.1) is 0 Å². The molecule has 0 aliphatic rings. The molecule has 0 bridgehead atoms. The number of hydrogen-bond donors (Lipinski definition) is 2. The summed E-state index contributed by atoms with van der Waals surface area (Å²) in [6.45, 7) is 7.99. The zero-order valence-electron chi connectivity index (χ0n) is 14.4. The molecule has 0 aromatic heterocycles. The molecule has 0 saturated carbocycles. The predicted molar refractivity (Wildman–Crippen MR) is 99.4 cm³/mol. The second-order valence-corrected chi connectivity index (χ2v) is 6.11. The van der Waals surface area contributed by atoms with E-state index in [-0.39, 0.29) is 0 Å². The molecule has 3 nitrogen and oxygen atoms in total. The minimum Gasteiger partial charge on any atom is -0.492 e. The minimum atomic E-state index is 0.578. The second-order valence-electron chi connectivity index (χ2n) is 6.11. The maximum Gasteiger partial charge on any atom is 0.142 e. The van der Waals surface area contributed by atoms with Gasteiger partial charge in [-0.05, 0) is 61.1 Å². The molecule has 2 aromatic carbocycles. The highest BCUT2D eigenvalue weighted by Crippen LogP contribution is 2.23. The van der Waals surface area contributed by atoms with Crippen LogP contribution in [0.2, 0.25) is 0 Å². The van der Waals surface area contributed by atoms with Crippen molar-refractivity contribution < 1.29 is 4.74 Å². The molecule has 2 rings (SSSR count). The third-order valence-electron chi connectivity index (χ3n) is 3.92. The molecule has 0 unspecified atom stereocenters. The normalized spacial score (nSPS) is 10.8. The Labute approximate surface area is 139 Å². The highest BCUT2D eigenvalue weighted by Gasteiger charge is 2.02. The zero-order chi connectivity index (χ0) is 16.7. The van der Waals surface area contributed by atoms with Gasteiger partial charge < -0.3 is 15.8 Å². The monoisotopic (exact) mass is 312 g/mol. The van der Waals surface area contributed by atoms with E-state index in [1.165, 1.54) is 16.8 Å². The van der Waals surface area contributed by atoms with Crippen molar-refractivity contribution >= 4 is 11.4 Å². The number of benzene rings is 2. The first-order valence-corrected chi connectivity index (χ1v) is 8.45. The van der Waals surface area contributed by atoms with Crippen LogP contribution in [-0.2, 0) is 6.42 Å². The van der Waals surface area contributed by atoms with Crippen LogP contribution in [0.3, 0.4) is 0 Å². The van der Waals surface area contributed by atoms with Crippen molar-refractivity contribution in [2.45, 2.75) is 39.5 Å². The largest absolute Gasteiger partial charge is 0.492 e. The van der Waals surface area contributed by atoms with Gasteiger partial charge in [-0.2, -0.15) is 0 Å². The summed E-state index contributed by atoms with van der Waals surface area (Å²) < 4.78 is 5.46. The van der Waals surface area contributed by atoms with Crippen molar-refractivity contribution in [3.05, 3.63) is 53.6 Å². The van der Waals surface area contributed by atoms with E-state index in [1.807, 2.05) is 19.1 Å². The highest BCUT2D eigenvalue weighted by molar-refractivity contribution is 5.54. The number of nitrogens with two attached hydrogens (primary N) is 1. The maximum absolute atomic E-state index is 6.00. The number of rotatable bonds is 8. The van der Waals surface area contributed by atoms with Crippen molar-refractivity contribution in [1.29, 1.82) is 0 Å². The Hall–Kier alpha value is -2.16. The smallest absolute Gasteiger partial charge is 0.142 e. The molecule has 2 aromatic rings. The summed E-state index contributed by atoms with van der Waals surface area (Å²) in [6.07, 6.45) is 2.08. The fourth-order valence-corrected chi connectivity index (χ4v) is 2.55. The van der Waals surface area contributed by atoms with Crippen LogP contribution in [0.1, 0.15) is 44.2 Å². The fourth-order valence-electron chi connectivity index (χ4n) is 2.55. The number of nitrogens with one attached hydrogen (secondary N) is 1. The lowest BCUT2D eigenvalue weighted by atomic mass is 10.0. The predicted octanol–water partition coefficient (Wildman–Crippen LogP) is 4.84. The zero-order valence-corrected chi connectivity index (χ0v) is 14.4. The molecule has 124 valence electrons. The van der Waals surface area contributed by atoms with Gasteiger partial charge in [0.15, 0.2) is 0 Å². The SMILES string of the molecule is CCOc1ccc(CCCNc2ccc(C(C)C)cc2)cc1N. The van der Waals surface area contributed by atoms with Crippen LogP contribution in [0.4, 0.5) is 11.4 Å². The van der Waals surface area contributed by atoms with Crippen LogP contribution in [0, 0.1) is 0 Å². The number of aryl methyl sites for hydroxylation is 1. The number of ether oxygens (including phenoxy) is 1. The van der Waals surface area contributed by atoms with Gasteiger partial charge >= 0.3 is 0 Å². The number of anilines is 2. The molecule has 3 heteroatoms. The number of hydrogen-bond acceptors (Lipinski definition) is 3. The van der Waals surface area contributed by atoms with Crippen molar-refractivity contribution in [3.8, 4) is 5.75 Å². The Morgan fingerprint density at radius 3 is 2.43 bits per heavy atom. The molecule has 3 N–H and O–H groups in total. The van der Waals surface area contributed by atoms with Gasteiger partial charge in [0.25, 0.3) is 0 Å². The topological polar surface area (TPSA) is 47.3 Å². The van der Waals surface area contributed by atoms with Gasteiger partial charge in [0.1, 0.15) is 5.75 Å². The quantitative estimate of drug-likeness (QED) is 0.542. The maximum atomic E-state index is 6.00. The average molecular weight is 312 g/mol. The van der Waals surface area contributed by atoms with E-state index in [0.29, 0.717) is 12.5 Å². The van der Waals surface area contributed by atoms with E-state index >= 15 is 0 Å². The average Bonchev–Trinajstić information content (AvgIpc) is 2.54. The van der Waals surface area contributed by atoms with Crippen molar-refractivity contribution in [1.82, 2.24) is 0 Å². The van der Waals surface area contributed by atoms with Crippen LogP contribution >= 0.6 is 0 Å². The molecular formula is C20H28N2O. The lowest BCUT2D eigenvalue weighted by Gasteiger charge is -2.10. The number of nitrogen functional groups attached to an aromatic ring is 1. The fraction of sp³-hybridized carbons (Fsp3) is 0.400. The van der Waals surface area contributed by atoms with Gasteiger partial charge in [0, 0.05) is 12.2 Å². The van der Waals surface area contributed by atoms with E-state index in [9.17, 15) is 0 Å². The van der Waals surface area contributed by atoms with Crippen molar-refractivity contribution in [2.75, 3.05) is 24.2 Å². The molecule has 0 atom stereocenters. The third-order valence-corrected chi connectivity index (χ3v) is 3.92. The Kier molecular flexibility index (Phi) is 6.33. The minimum absolute atomic E-state index is 0.578. The molecule has 23 heavy (non-hydrogen) atoms. The summed E-state index contributed by atoms with van der Waals surface area (Å²) in [5, 5.41) is 3.47. The van der Waals surface area contributed by atoms with Gasteiger partial charge in [-0.25, -0.2) is 0 Å². The first kappa shape index (κ1) is 17.2. The van der Waals surface area contributed by atoms with Crippen LogP contribution in [0.15, 0.2) is 42.5 Å². The van der Waals surface area contributed by atoms with Crippen molar-refractivity contribution in [2.24, 2.45) is 0 Å². The molecule has 0 aliphatic carbocycles. The lowest BCUT2D eigenvalue weighted by Crippen LogP contribution is -2.04. The van der Waals surface area contributed by atoms with Gasteiger partial charge in [-0.1, -0.05) is 32.0 Å². The molecule has 0 saturated heterocycles. The van der Waals surface area contributed by atoms with Crippen LogP contribution in [0.5, 0.6) is 5.75 Å². The molecule has 0 spiro atoms. The standard InChI is InChI=1S/C20H28N2O/c1-4-23-20-12-7-16(14-19(20)21)6-5-13-22-18-10-8-17(9-11-18)15(2)3/h7-12,14-15,22H,4-6,13,21H2,1-3H3. The molecule has 0 radical (unpaired) electrons. The summed E-state index contributed by atoms with van der Waals surface area (Å²) in [5.74, 6) is 1.36.